The Labute approximate surface area is 143 Å². The molecule has 2 aromatic carbocycles. The number of benzene rings is 2. The molecule has 1 N–H and O–H groups in total. The first-order chi connectivity index (χ1) is 10.2. The molecule has 2 aromatic rings. The second-order valence-electron chi connectivity index (χ2n) is 5.04. The highest BCUT2D eigenvalue weighted by Crippen LogP contribution is 2.27. The van der Waals surface area contributed by atoms with Crippen molar-refractivity contribution in [1.29, 1.82) is 0 Å². The van der Waals surface area contributed by atoms with Gasteiger partial charge in [0.15, 0.2) is 11.5 Å². The maximum atomic E-state index is 5.32. The second kappa shape index (κ2) is 9.49. The van der Waals surface area contributed by atoms with E-state index in [1.807, 2.05) is 12.1 Å². The van der Waals surface area contributed by atoms with Gasteiger partial charge in [0.25, 0.3) is 0 Å². The Bertz CT molecular complexity index is 587. The van der Waals surface area contributed by atoms with Crippen molar-refractivity contribution < 1.29 is 9.47 Å². The summed E-state index contributed by atoms with van der Waals surface area (Å²) in [4.78, 5) is 0. The predicted octanol–water partition coefficient (Wildman–Crippen LogP) is 3.92. The van der Waals surface area contributed by atoms with Crippen LogP contribution in [0.4, 0.5) is 0 Å². The van der Waals surface area contributed by atoms with Crippen LogP contribution in [0.25, 0.3) is 0 Å². The van der Waals surface area contributed by atoms with Crippen molar-refractivity contribution in [2.75, 3.05) is 20.8 Å². The fourth-order valence-corrected chi connectivity index (χ4v) is 2.30. The molecule has 0 spiro atoms. The molecule has 0 amide bonds. The Hall–Kier alpha value is -1.52. The summed E-state index contributed by atoms with van der Waals surface area (Å²) in [5, 5.41) is 3.49. The van der Waals surface area contributed by atoms with Crippen LogP contribution < -0.4 is 14.8 Å². The molecular weight excluding hydrogens is 342 g/mol. The van der Waals surface area contributed by atoms with Crippen molar-refractivity contribution in [2.24, 2.45) is 0 Å². The number of ether oxygens (including phenoxy) is 2. The van der Waals surface area contributed by atoms with Crippen LogP contribution in [0.1, 0.15) is 16.7 Å². The Balaban J connectivity index is 0.00000242. The normalized spacial score (nSPS) is 9.95. The molecular formula is C18H24BrNO2. The average molecular weight is 366 g/mol. The Morgan fingerprint density at radius 3 is 2.36 bits per heavy atom. The zero-order chi connectivity index (χ0) is 15.1. The number of hydrogen-bond acceptors (Lipinski definition) is 3. The lowest BCUT2D eigenvalue weighted by Crippen LogP contribution is -2.17. The van der Waals surface area contributed by atoms with E-state index in [1.54, 1.807) is 14.2 Å². The first-order valence-corrected chi connectivity index (χ1v) is 7.20. The maximum Gasteiger partial charge on any atom is 0.160 e. The summed E-state index contributed by atoms with van der Waals surface area (Å²) in [6.45, 7) is 3.98. The zero-order valence-electron chi connectivity index (χ0n) is 13.4. The molecule has 0 aliphatic heterocycles. The van der Waals surface area contributed by atoms with E-state index in [1.165, 1.54) is 16.7 Å². The van der Waals surface area contributed by atoms with Crippen LogP contribution in [0.15, 0.2) is 42.5 Å². The van der Waals surface area contributed by atoms with Crippen molar-refractivity contribution in [2.45, 2.75) is 19.9 Å². The number of aryl methyl sites for hydroxylation is 1. The molecule has 0 bridgehead atoms. The van der Waals surface area contributed by atoms with Crippen LogP contribution in [0.2, 0.25) is 0 Å². The van der Waals surface area contributed by atoms with Crippen molar-refractivity contribution in [3.63, 3.8) is 0 Å². The van der Waals surface area contributed by atoms with Crippen LogP contribution >= 0.6 is 17.0 Å². The molecule has 120 valence electrons. The van der Waals surface area contributed by atoms with E-state index in [4.69, 9.17) is 9.47 Å². The summed E-state index contributed by atoms with van der Waals surface area (Å²) in [5.74, 6) is 1.56. The van der Waals surface area contributed by atoms with Crippen LogP contribution in [0.3, 0.4) is 0 Å². The fourth-order valence-electron chi connectivity index (χ4n) is 2.30. The van der Waals surface area contributed by atoms with Crippen molar-refractivity contribution in [1.82, 2.24) is 5.32 Å². The highest BCUT2D eigenvalue weighted by molar-refractivity contribution is 8.93. The SMILES string of the molecule is Br.COc1ccc(CCNCc2ccccc2C)cc1OC. The van der Waals surface area contributed by atoms with E-state index < -0.39 is 0 Å². The van der Waals surface area contributed by atoms with E-state index >= 15 is 0 Å². The van der Waals surface area contributed by atoms with E-state index in [9.17, 15) is 0 Å². The highest BCUT2D eigenvalue weighted by atomic mass is 79.9. The first-order valence-electron chi connectivity index (χ1n) is 7.20. The molecule has 3 nitrogen and oxygen atoms in total. The third-order valence-corrected chi connectivity index (χ3v) is 3.62. The van der Waals surface area contributed by atoms with Crippen molar-refractivity contribution in [3.05, 3.63) is 59.2 Å². The highest BCUT2D eigenvalue weighted by Gasteiger charge is 2.04. The minimum Gasteiger partial charge on any atom is -0.493 e. The van der Waals surface area contributed by atoms with Gasteiger partial charge in [-0.3, -0.25) is 0 Å². The molecule has 0 heterocycles. The van der Waals surface area contributed by atoms with Crippen LogP contribution in [0.5, 0.6) is 11.5 Å². The second-order valence-corrected chi connectivity index (χ2v) is 5.04. The minimum absolute atomic E-state index is 0. The van der Waals surface area contributed by atoms with Gasteiger partial charge in [0.05, 0.1) is 14.2 Å². The number of halogens is 1. The lowest BCUT2D eigenvalue weighted by atomic mass is 10.1. The number of hydrogen-bond donors (Lipinski definition) is 1. The predicted molar refractivity (Wildman–Crippen MR) is 96.5 cm³/mol. The molecule has 0 aliphatic carbocycles. The van der Waals surface area contributed by atoms with Gasteiger partial charge in [-0.25, -0.2) is 0 Å². The fraction of sp³-hybridized carbons (Fsp3) is 0.333. The molecule has 0 aromatic heterocycles. The van der Waals surface area contributed by atoms with Gasteiger partial charge in [0, 0.05) is 6.54 Å². The van der Waals surface area contributed by atoms with Gasteiger partial charge in [0.1, 0.15) is 0 Å². The monoisotopic (exact) mass is 365 g/mol. The third-order valence-electron chi connectivity index (χ3n) is 3.62. The van der Waals surface area contributed by atoms with Crippen LogP contribution in [0, 0.1) is 6.92 Å². The van der Waals surface area contributed by atoms with Gasteiger partial charge in [-0.15, -0.1) is 17.0 Å². The topological polar surface area (TPSA) is 30.5 Å². The van der Waals surface area contributed by atoms with Crippen LogP contribution in [-0.2, 0) is 13.0 Å². The number of nitrogens with one attached hydrogen (secondary N) is 1. The lowest BCUT2D eigenvalue weighted by Gasteiger charge is -2.10. The maximum absolute atomic E-state index is 5.32. The lowest BCUT2D eigenvalue weighted by molar-refractivity contribution is 0.354. The van der Waals surface area contributed by atoms with Gasteiger partial charge in [0.2, 0.25) is 0 Å². The summed E-state index contributed by atoms with van der Waals surface area (Å²) in [6.07, 6.45) is 0.965. The number of methoxy groups -OCH3 is 2. The molecule has 0 atom stereocenters. The van der Waals surface area contributed by atoms with Gasteiger partial charge in [-0.2, -0.15) is 0 Å². The molecule has 0 aliphatic rings. The summed E-state index contributed by atoms with van der Waals surface area (Å²) in [5.41, 5.74) is 3.92. The van der Waals surface area contributed by atoms with Gasteiger partial charge < -0.3 is 14.8 Å². The van der Waals surface area contributed by atoms with Crippen LogP contribution in [-0.4, -0.2) is 20.8 Å². The first kappa shape index (κ1) is 18.5. The van der Waals surface area contributed by atoms with E-state index in [2.05, 4.69) is 42.6 Å². The molecule has 0 saturated heterocycles. The van der Waals surface area contributed by atoms with Crippen molar-refractivity contribution >= 4 is 17.0 Å². The molecule has 0 radical (unpaired) electrons. The molecule has 0 unspecified atom stereocenters. The third kappa shape index (κ3) is 5.04. The molecule has 0 fully saturated rings. The summed E-state index contributed by atoms with van der Waals surface area (Å²) < 4.78 is 10.6. The van der Waals surface area contributed by atoms with Gasteiger partial charge in [-0.1, -0.05) is 30.3 Å². The molecule has 0 saturated carbocycles. The summed E-state index contributed by atoms with van der Waals surface area (Å²) in [7, 11) is 3.32. The average Bonchev–Trinajstić information content (AvgIpc) is 2.52. The van der Waals surface area contributed by atoms with E-state index in [0.29, 0.717) is 0 Å². The van der Waals surface area contributed by atoms with E-state index in [-0.39, 0.29) is 17.0 Å². The zero-order valence-corrected chi connectivity index (χ0v) is 15.1. The van der Waals surface area contributed by atoms with E-state index in [0.717, 1.165) is 31.0 Å². The quantitative estimate of drug-likeness (QED) is 0.754. The Morgan fingerprint density at radius 1 is 0.955 bits per heavy atom. The van der Waals surface area contributed by atoms with Crippen molar-refractivity contribution in [3.8, 4) is 11.5 Å². The van der Waals surface area contributed by atoms with Gasteiger partial charge >= 0.3 is 0 Å². The summed E-state index contributed by atoms with van der Waals surface area (Å²) in [6, 6.07) is 14.5. The smallest absolute Gasteiger partial charge is 0.160 e. The summed E-state index contributed by atoms with van der Waals surface area (Å²) >= 11 is 0. The minimum atomic E-state index is 0. The Kier molecular flexibility index (Phi) is 7.99. The standard InChI is InChI=1S/C18H23NO2.BrH/c1-14-6-4-5-7-16(14)13-19-11-10-15-8-9-17(20-2)18(12-15)21-3;/h4-9,12,19H,10-11,13H2,1-3H3;1H. The Morgan fingerprint density at radius 2 is 1.68 bits per heavy atom. The van der Waals surface area contributed by atoms with Gasteiger partial charge in [-0.05, 0) is 48.7 Å². The number of rotatable bonds is 7. The molecule has 4 heteroatoms. The largest absolute Gasteiger partial charge is 0.493 e. The molecule has 22 heavy (non-hydrogen) atoms. The molecule has 2 rings (SSSR count).